The van der Waals surface area contributed by atoms with E-state index in [2.05, 4.69) is 25.7 Å². The molecule has 128 valence electrons. The minimum atomic E-state index is 0.169. The van der Waals surface area contributed by atoms with Crippen molar-refractivity contribution < 1.29 is 4.74 Å². The van der Waals surface area contributed by atoms with Crippen molar-refractivity contribution in [3.63, 3.8) is 0 Å². The molecule has 0 aliphatic rings. The van der Waals surface area contributed by atoms with Gasteiger partial charge in [-0.05, 0) is 32.4 Å². The van der Waals surface area contributed by atoms with Gasteiger partial charge in [-0.3, -0.25) is 0 Å². The summed E-state index contributed by atoms with van der Waals surface area (Å²) in [7, 11) is 0. The standard InChI is InChI=1S/C14H20ClNO.C3H8.C2H6/c1-5-17-12(4)9-11(3)16-14-10(2)7-6-8-13(14)15;1-3-2;1-2/h6-8,12,16H,3,5,9H2,1-2,4H3;3H2,1-2H3;1-2H3. The van der Waals surface area contributed by atoms with Gasteiger partial charge in [0.15, 0.2) is 0 Å². The van der Waals surface area contributed by atoms with Gasteiger partial charge in [0, 0.05) is 18.7 Å². The van der Waals surface area contributed by atoms with E-state index in [0.29, 0.717) is 0 Å². The van der Waals surface area contributed by atoms with Crippen LogP contribution in [0.1, 0.15) is 59.9 Å². The third-order valence-electron chi connectivity index (χ3n) is 2.51. The Balaban J connectivity index is 0. The summed E-state index contributed by atoms with van der Waals surface area (Å²) in [6, 6.07) is 5.83. The highest BCUT2D eigenvalue weighted by Gasteiger charge is 2.07. The van der Waals surface area contributed by atoms with Gasteiger partial charge >= 0.3 is 0 Å². The first-order valence-electron chi connectivity index (χ1n) is 8.27. The number of nitrogens with one attached hydrogen (secondary N) is 1. The third-order valence-corrected chi connectivity index (χ3v) is 2.82. The zero-order chi connectivity index (χ0) is 17.5. The lowest BCUT2D eigenvalue weighted by atomic mass is 10.1. The van der Waals surface area contributed by atoms with E-state index in [1.165, 1.54) is 6.42 Å². The highest BCUT2D eigenvalue weighted by Crippen LogP contribution is 2.27. The summed E-state index contributed by atoms with van der Waals surface area (Å²) in [6.45, 7) is 19.0. The van der Waals surface area contributed by atoms with Crippen LogP contribution in [-0.4, -0.2) is 12.7 Å². The zero-order valence-electron chi connectivity index (χ0n) is 15.4. The van der Waals surface area contributed by atoms with Crippen molar-refractivity contribution in [3.8, 4) is 0 Å². The van der Waals surface area contributed by atoms with Gasteiger partial charge in [0.25, 0.3) is 0 Å². The average molecular weight is 328 g/mol. The number of para-hydroxylation sites is 1. The Labute approximate surface area is 142 Å². The van der Waals surface area contributed by atoms with E-state index in [4.69, 9.17) is 16.3 Å². The first-order valence-corrected chi connectivity index (χ1v) is 8.65. The first-order chi connectivity index (χ1) is 10.5. The molecule has 0 spiro atoms. The zero-order valence-corrected chi connectivity index (χ0v) is 16.2. The Bertz CT molecular complexity index is 384. The summed E-state index contributed by atoms with van der Waals surface area (Å²) in [5, 5.41) is 3.98. The predicted molar refractivity (Wildman–Crippen MR) is 102 cm³/mol. The van der Waals surface area contributed by atoms with Crippen LogP contribution < -0.4 is 5.32 Å². The molecule has 0 aromatic heterocycles. The van der Waals surface area contributed by atoms with Crippen LogP contribution >= 0.6 is 11.6 Å². The van der Waals surface area contributed by atoms with Crippen molar-refractivity contribution >= 4 is 17.3 Å². The molecule has 0 radical (unpaired) electrons. The second kappa shape index (κ2) is 14.9. The Morgan fingerprint density at radius 1 is 1.27 bits per heavy atom. The number of anilines is 1. The van der Waals surface area contributed by atoms with Gasteiger partial charge in [-0.25, -0.2) is 0 Å². The van der Waals surface area contributed by atoms with Crippen LogP contribution in [-0.2, 0) is 4.74 Å². The molecular formula is C19H34ClNO. The molecule has 0 aliphatic heterocycles. The Morgan fingerprint density at radius 3 is 2.27 bits per heavy atom. The van der Waals surface area contributed by atoms with Gasteiger partial charge in [-0.2, -0.15) is 0 Å². The molecule has 1 aromatic carbocycles. The number of benzene rings is 1. The van der Waals surface area contributed by atoms with Crippen LogP contribution in [0.15, 0.2) is 30.5 Å². The fraction of sp³-hybridized carbons (Fsp3) is 0.579. The molecule has 3 heteroatoms. The molecule has 2 nitrogen and oxygen atoms in total. The van der Waals surface area contributed by atoms with Crippen LogP contribution in [0.3, 0.4) is 0 Å². The van der Waals surface area contributed by atoms with Crippen LogP contribution in [0, 0.1) is 6.92 Å². The van der Waals surface area contributed by atoms with E-state index in [0.717, 1.165) is 35.0 Å². The number of ether oxygens (including phenoxy) is 1. The summed E-state index contributed by atoms with van der Waals surface area (Å²) in [6.07, 6.45) is 2.20. The molecule has 0 bridgehead atoms. The minimum absolute atomic E-state index is 0.169. The minimum Gasteiger partial charge on any atom is -0.378 e. The maximum absolute atomic E-state index is 6.14. The van der Waals surface area contributed by atoms with E-state index < -0.39 is 0 Å². The van der Waals surface area contributed by atoms with Crippen molar-refractivity contribution in [2.45, 2.75) is 67.4 Å². The normalized spacial score (nSPS) is 10.5. The summed E-state index contributed by atoms with van der Waals surface area (Å²) in [5.41, 5.74) is 2.97. The van der Waals surface area contributed by atoms with Gasteiger partial charge in [0.05, 0.1) is 16.8 Å². The monoisotopic (exact) mass is 327 g/mol. The van der Waals surface area contributed by atoms with E-state index in [9.17, 15) is 0 Å². The third kappa shape index (κ3) is 10.7. The smallest absolute Gasteiger partial charge is 0.0643 e. The maximum Gasteiger partial charge on any atom is 0.0643 e. The highest BCUT2D eigenvalue weighted by molar-refractivity contribution is 6.33. The lowest BCUT2D eigenvalue weighted by Gasteiger charge is -2.17. The summed E-state index contributed by atoms with van der Waals surface area (Å²) in [5.74, 6) is 0. The van der Waals surface area contributed by atoms with Crippen molar-refractivity contribution in [1.29, 1.82) is 0 Å². The SMILES string of the molecule is C=C(CC(C)OCC)Nc1c(C)cccc1Cl.CC.CCC. The second-order valence-electron chi connectivity index (χ2n) is 4.84. The second-order valence-corrected chi connectivity index (χ2v) is 5.24. The van der Waals surface area contributed by atoms with Crippen LogP contribution in [0.4, 0.5) is 5.69 Å². The van der Waals surface area contributed by atoms with Crippen molar-refractivity contribution in [1.82, 2.24) is 0 Å². The topological polar surface area (TPSA) is 21.3 Å². The number of rotatable bonds is 6. The van der Waals surface area contributed by atoms with E-state index in [1.807, 2.05) is 52.8 Å². The van der Waals surface area contributed by atoms with Crippen molar-refractivity contribution in [3.05, 3.63) is 41.1 Å². The van der Waals surface area contributed by atoms with E-state index >= 15 is 0 Å². The molecule has 0 saturated heterocycles. The number of hydrogen-bond donors (Lipinski definition) is 1. The molecule has 0 amide bonds. The number of halogens is 1. The predicted octanol–water partition coefficient (Wildman–Crippen LogP) is 6.83. The maximum atomic E-state index is 6.14. The molecule has 1 unspecified atom stereocenters. The van der Waals surface area contributed by atoms with E-state index in [-0.39, 0.29) is 6.10 Å². The lowest BCUT2D eigenvalue weighted by Crippen LogP contribution is -2.12. The fourth-order valence-electron chi connectivity index (χ4n) is 1.71. The molecule has 0 heterocycles. The molecule has 22 heavy (non-hydrogen) atoms. The summed E-state index contributed by atoms with van der Waals surface area (Å²) in [4.78, 5) is 0. The number of hydrogen-bond acceptors (Lipinski definition) is 2. The van der Waals surface area contributed by atoms with Gasteiger partial charge in [0.1, 0.15) is 0 Å². The largest absolute Gasteiger partial charge is 0.378 e. The molecule has 1 N–H and O–H groups in total. The summed E-state index contributed by atoms with van der Waals surface area (Å²) < 4.78 is 5.48. The van der Waals surface area contributed by atoms with Gasteiger partial charge in [0.2, 0.25) is 0 Å². The Kier molecular flexibility index (Phi) is 15.8. The fourth-order valence-corrected chi connectivity index (χ4v) is 1.98. The van der Waals surface area contributed by atoms with Crippen LogP contribution in [0.2, 0.25) is 5.02 Å². The van der Waals surface area contributed by atoms with Crippen LogP contribution in [0.5, 0.6) is 0 Å². The first kappa shape index (κ1) is 23.3. The lowest BCUT2D eigenvalue weighted by molar-refractivity contribution is 0.0771. The van der Waals surface area contributed by atoms with Crippen molar-refractivity contribution in [2.75, 3.05) is 11.9 Å². The van der Waals surface area contributed by atoms with Crippen LogP contribution in [0.25, 0.3) is 0 Å². The quantitative estimate of drug-likeness (QED) is 0.618. The molecule has 1 atom stereocenters. The van der Waals surface area contributed by atoms with Crippen molar-refractivity contribution in [2.24, 2.45) is 0 Å². The average Bonchev–Trinajstić information content (AvgIpc) is 2.46. The van der Waals surface area contributed by atoms with Gasteiger partial charge in [-0.15, -0.1) is 0 Å². The molecule has 1 rings (SSSR count). The van der Waals surface area contributed by atoms with Gasteiger partial charge < -0.3 is 10.1 Å². The number of aryl methyl sites for hydroxylation is 1. The summed E-state index contributed by atoms with van der Waals surface area (Å²) >= 11 is 6.14. The highest BCUT2D eigenvalue weighted by atomic mass is 35.5. The molecule has 1 aromatic rings. The van der Waals surface area contributed by atoms with E-state index in [1.54, 1.807) is 0 Å². The molecule has 0 fully saturated rings. The Morgan fingerprint density at radius 2 is 1.82 bits per heavy atom. The Hall–Kier alpha value is -0.990. The molecule has 0 saturated carbocycles. The van der Waals surface area contributed by atoms with Gasteiger partial charge in [-0.1, -0.05) is 64.4 Å². The molecular weight excluding hydrogens is 294 g/mol. The molecule has 0 aliphatic carbocycles.